The number of amides is 2. The van der Waals surface area contributed by atoms with Crippen LogP contribution in [-0.4, -0.2) is 29.5 Å². The van der Waals surface area contributed by atoms with Crippen LogP contribution in [0, 0.1) is 5.82 Å². The van der Waals surface area contributed by atoms with E-state index in [1.807, 2.05) is 24.3 Å². The number of aryl methyl sites for hydroxylation is 1. The summed E-state index contributed by atoms with van der Waals surface area (Å²) < 4.78 is 14.9. The van der Waals surface area contributed by atoms with Gasteiger partial charge in [-0.3, -0.25) is 9.59 Å². The Kier molecular flexibility index (Phi) is 5.76. The molecule has 0 saturated heterocycles. The Balaban J connectivity index is 1.52. The number of rotatable bonds is 6. The van der Waals surface area contributed by atoms with E-state index in [1.165, 1.54) is 12.1 Å². The van der Waals surface area contributed by atoms with Crippen molar-refractivity contribution in [1.82, 2.24) is 15.2 Å². The van der Waals surface area contributed by atoms with Gasteiger partial charge in [-0.15, -0.1) is 0 Å². The van der Waals surface area contributed by atoms with Gasteiger partial charge in [0.25, 0.3) is 5.91 Å². The van der Waals surface area contributed by atoms with Crippen LogP contribution in [0.2, 0.25) is 5.02 Å². The van der Waals surface area contributed by atoms with E-state index in [0.717, 1.165) is 10.9 Å². The number of aromatic nitrogens is 1. The minimum absolute atomic E-state index is 0.0841. The molecule has 0 aliphatic rings. The zero-order valence-electron chi connectivity index (χ0n) is 14.8. The maximum atomic E-state index is 13.1. The van der Waals surface area contributed by atoms with Crippen LogP contribution in [0.25, 0.3) is 10.9 Å². The predicted octanol–water partition coefficient (Wildman–Crippen LogP) is 3.06. The van der Waals surface area contributed by atoms with Gasteiger partial charge in [0.15, 0.2) is 0 Å². The summed E-state index contributed by atoms with van der Waals surface area (Å²) in [5.74, 6) is -0.921. The summed E-state index contributed by atoms with van der Waals surface area (Å²) in [6.07, 6.45) is 0.0841. The number of nitrogens with zero attached hydrogens (tertiary/aromatic N) is 1. The average Bonchev–Trinajstić information content (AvgIpc) is 2.90. The lowest BCUT2D eigenvalue weighted by atomic mass is 10.1. The van der Waals surface area contributed by atoms with Gasteiger partial charge in [-0.2, -0.15) is 0 Å². The summed E-state index contributed by atoms with van der Waals surface area (Å²) >= 11 is 6.34. The highest BCUT2D eigenvalue weighted by atomic mass is 35.5. The van der Waals surface area contributed by atoms with E-state index < -0.39 is 0 Å². The number of halogens is 2. The van der Waals surface area contributed by atoms with Crippen molar-refractivity contribution in [2.75, 3.05) is 13.1 Å². The second kappa shape index (κ2) is 8.22. The third-order valence-electron chi connectivity index (χ3n) is 4.25. The minimum Gasteiger partial charge on any atom is -0.354 e. The minimum atomic E-state index is -0.376. The molecule has 3 rings (SSSR count). The highest BCUT2D eigenvalue weighted by molar-refractivity contribution is 6.38. The second-order valence-electron chi connectivity index (χ2n) is 6.15. The van der Waals surface area contributed by atoms with Crippen LogP contribution in [0.5, 0.6) is 0 Å². The molecule has 2 amide bonds. The second-order valence-corrected chi connectivity index (χ2v) is 6.53. The van der Waals surface area contributed by atoms with Gasteiger partial charge in [0.2, 0.25) is 5.91 Å². The van der Waals surface area contributed by atoms with Gasteiger partial charge in [-0.05, 0) is 23.8 Å². The quantitative estimate of drug-likeness (QED) is 0.638. The van der Waals surface area contributed by atoms with Crippen molar-refractivity contribution in [2.24, 2.45) is 7.05 Å². The maximum absolute atomic E-state index is 13.1. The Morgan fingerprint density at radius 1 is 1.07 bits per heavy atom. The molecule has 0 aliphatic carbocycles. The van der Waals surface area contributed by atoms with Crippen molar-refractivity contribution >= 4 is 34.3 Å². The largest absolute Gasteiger partial charge is 0.354 e. The van der Waals surface area contributed by atoms with Crippen molar-refractivity contribution in [3.63, 3.8) is 0 Å². The van der Waals surface area contributed by atoms with E-state index in [0.29, 0.717) is 16.3 Å². The van der Waals surface area contributed by atoms with Crippen LogP contribution in [0.3, 0.4) is 0 Å². The first-order valence-electron chi connectivity index (χ1n) is 8.49. The molecule has 0 aliphatic heterocycles. The number of nitrogens with one attached hydrogen (secondary N) is 2. The third-order valence-corrected chi connectivity index (χ3v) is 4.63. The van der Waals surface area contributed by atoms with E-state index in [4.69, 9.17) is 11.6 Å². The van der Waals surface area contributed by atoms with Gasteiger partial charge >= 0.3 is 0 Å². The molecule has 0 fully saturated rings. The zero-order chi connectivity index (χ0) is 19.4. The first-order valence-corrected chi connectivity index (χ1v) is 8.87. The fourth-order valence-electron chi connectivity index (χ4n) is 2.96. The van der Waals surface area contributed by atoms with Gasteiger partial charge in [-0.1, -0.05) is 41.9 Å². The summed E-state index contributed by atoms with van der Waals surface area (Å²) in [4.78, 5) is 24.4. The molecular formula is C20H19ClFN3O2. The van der Waals surface area contributed by atoms with E-state index >= 15 is 0 Å². The average molecular weight is 388 g/mol. The Morgan fingerprint density at radius 3 is 2.56 bits per heavy atom. The number of para-hydroxylation sites is 1. The number of hydrogen-bond acceptors (Lipinski definition) is 2. The molecule has 3 aromatic rings. The molecule has 0 spiro atoms. The standard InChI is InChI=1S/C20H19ClFN3O2/c1-25-16-8-3-2-7-15(16)18(21)19(25)20(27)24-10-9-23-17(26)12-13-5-4-6-14(22)11-13/h2-8,11H,9-10,12H2,1H3,(H,23,26)(H,24,27). The molecule has 0 bridgehead atoms. The van der Waals surface area contributed by atoms with Crippen molar-refractivity contribution in [1.29, 1.82) is 0 Å². The fourth-order valence-corrected chi connectivity index (χ4v) is 3.33. The summed E-state index contributed by atoms with van der Waals surface area (Å²) in [7, 11) is 1.78. The van der Waals surface area contributed by atoms with Crippen molar-refractivity contribution in [3.8, 4) is 0 Å². The maximum Gasteiger partial charge on any atom is 0.269 e. The first-order chi connectivity index (χ1) is 13.0. The van der Waals surface area contributed by atoms with Crippen LogP contribution in [0.15, 0.2) is 48.5 Å². The lowest BCUT2D eigenvalue weighted by molar-refractivity contribution is -0.120. The van der Waals surface area contributed by atoms with E-state index in [1.54, 1.807) is 23.7 Å². The topological polar surface area (TPSA) is 63.1 Å². The zero-order valence-corrected chi connectivity index (χ0v) is 15.5. The first kappa shape index (κ1) is 18.9. The summed E-state index contributed by atoms with van der Waals surface area (Å²) in [5.41, 5.74) is 1.85. The molecule has 1 heterocycles. The molecule has 2 N–H and O–H groups in total. The number of carbonyl (C=O) groups is 2. The van der Waals surface area contributed by atoms with Crippen LogP contribution in [0.4, 0.5) is 4.39 Å². The van der Waals surface area contributed by atoms with E-state index in [9.17, 15) is 14.0 Å². The summed E-state index contributed by atoms with van der Waals surface area (Å²) in [6.45, 7) is 0.521. The Hall–Kier alpha value is -2.86. The lowest BCUT2D eigenvalue weighted by Crippen LogP contribution is -2.36. The number of fused-ring (bicyclic) bond motifs is 1. The smallest absolute Gasteiger partial charge is 0.269 e. The van der Waals surface area contributed by atoms with E-state index in [2.05, 4.69) is 10.6 Å². The van der Waals surface area contributed by atoms with Gasteiger partial charge in [-0.25, -0.2) is 4.39 Å². The number of hydrogen-bond donors (Lipinski definition) is 2. The predicted molar refractivity (Wildman–Crippen MR) is 103 cm³/mol. The molecule has 0 unspecified atom stereocenters. The molecule has 0 atom stereocenters. The number of carbonyl (C=O) groups excluding carboxylic acids is 2. The van der Waals surface area contributed by atoms with Gasteiger partial charge in [0.05, 0.1) is 11.4 Å². The Labute approximate surface area is 161 Å². The monoisotopic (exact) mass is 387 g/mol. The van der Waals surface area contributed by atoms with Crippen molar-refractivity contribution < 1.29 is 14.0 Å². The van der Waals surface area contributed by atoms with Crippen molar-refractivity contribution in [3.05, 3.63) is 70.6 Å². The molecule has 1 aromatic heterocycles. The van der Waals surface area contributed by atoms with Crippen LogP contribution in [0.1, 0.15) is 16.1 Å². The van der Waals surface area contributed by atoms with Crippen LogP contribution >= 0.6 is 11.6 Å². The molecule has 0 saturated carbocycles. The normalized spacial score (nSPS) is 10.8. The molecule has 7 heteroatoms. The molecule has 2 aromatic carbocycles. The van der Waals surface area contributed by atoms with Crippen LogP contribution < -0.4 is 10.6 Å². The van der Waals surface area contributed by atoms with Gasteiger partial charge in [0.1, 0.15) is 11.5 Å². The lowest BCUT2D eigenvalue weighted by Gasteiger charge is -2.09. The molecule has 5 nitrogen and oxygen atoms in total. The molecular weight excluding hydrogens is 369 g/mol. The summed E-state index contributed by atoms with van der Waals surface area (Å²) in [6, 6.07) is 13.4. The number of benzene rings is 2. The van der Waals surface area contributed by atoms with E-state index in [-0.39, 0.29) is 37.1 Å². The Morgan fingerprint density at radius 2 is 1.81 bits per heavy atom. The Bertz CT molecular complexity index is 961. The SMILES string of the molecule is Cn1c(C(=O)NCCNC(=O)Cc2cccc(F)c2)c(Cl)c2ccccc21. The van der Waals surface area contributed by atoms with Gasteiger partial charge in [0, 0.05) is 31.0 Å². The fraction of sp³-hybridized carbons (Fsp3) is 0.200. The highest BCUT2D eigenvalue weighted by Gasteiger charge is 2.19. The highest BCUT2D eigenvalue weighted by Crippen LogP contribution is 2.29. The molecule has 140 valence electrons. The third kappa shape index (κ3) is 4.28. The van der Waals surface area contributed by atoms with Crippen molar-refractivity contribution in [2.45, 2.75) is 6.42 Å². The molecule has 27 heavy (non-hydrogen) atoms. The molecule has 0 radical (unpaired) electrons. The summed E-state index contributed by atoms with van der Waals surface area (Å²) in [5, 5.41) is 6.67. The van der Waals surface area contributed by atoms with Gasteiger partial charge < -0.3 is 15.2 Å². The van der Waals surface area contributed by atoms with Crippen LogP contribution in [-0.2, 0) is 18.3 Å².